The Labute approximate surface area is 190 Å². The van der Waals surface area contributed by atoms with E-state index in [1.165, 1.54) is 17.4 Å². The molecule has 10 nitrogen and oxygen atoms in total. The van der Waals surface area contributed by atoms with Crippen LogP contribution >= 0.6 is 22.9 Å². The summed E-state index contributed by atoms with van der Waals surface area (Å²) in [6, 6.07) is 5.92. The lowest BCUT2D eigenvalue weighted by Crippen LogP contribution is -2.10. The van der Waals surface area contributed by atoms with Crippen molar-refractivity contribution in [2.24, 2.45) is 0 Å². The molecule has 0 bridgehead atoms. The Kier molecular flexibility index (Phi) is 5.89. The molecular formula is C19H18ClFN8O2S. The summed E-state index contributed by atoms with van der Waals surface area (Å²) < 4.78 is 17.1. The number of rotatable bonds is 7. The van der Waals surface area contributed by atoms with Gasteiger partial charge in [-0.15, -0.1) is 10.2 Å². The van der Waals surface area contributed by atoms with Crippen LogP contribution in [0.15, 0.2) is 30.5 Å². The molecule has 0 unspecified atom stereocenters. The van der Waals surface area contributed by atoms with E-state index in [4.69, 9.17) is 11.6 Å². The van der Waals surface area contributed by atoms with Gasteiger partial charge in [-0.1, -0.05) is 29.0 Å². The molecule has 0 aliphatic heterocycles. The molecule has 0 amide bonds. The number of anilines is 2. The summed E-state index contributed by atoms with van der Waals surface area (Å²) in [5, 5.41) is 32.8. The van der Waals surface area contributed by atoms with Gasteiger partial charge in [-0.3, -0.25) is 19.5 Å². The van der Waals surface area contributed by atoms with E-state index in [-0.39, 0.29) is 18.3 Å². The lowest BCUT2D eigenvalue weighted by Gasteiger charge is -2.09. The van der Waals surface area contributed by atoms with Gasteiger partial charge in [0.1, 0.15) is 28.3 Å². The van der Waals surface area contributed by atoms with Crippen molar-refractivity contribution in [3.8, 4) is 0 Å². The lowest BCUT2D eigenvalue weighted by molar-refractivity contribution is -0.386. The third kappa shape index (κ3) is 4.18. The summed E-state index contributed by atoms with van der Waals surface area (Å²) in [4.78, 5) is 10.8. The molecule has 0 fully saturated rings. The highest BCUT2D eigenvalue weighted by atomic mass is 35.5. The predicted molar refractivity (Wildman–Crippen MR) is 118 cm³/mol. The Hall–Kier alpha value is -3.38. The summed E-state index contributed by atoms with van der Waals surface area (Å²) in [6.07, 6.45) is 1.70. The summed E-state index contributed by atoms with van der Waals surface area (Å²) in [5.74, 6) is 0.115. The first kappa shape index (κ1) is 21.8. The average Bonchev–Trinajstić information content (AvgIpc) is 3.44. The van der Waals surface area contributed by atoms with Gasteiger partial charge >= 0.3 is 5.69 Å². The van der Waals surface area contributed by atoms with Crippen LogP contribution in [0.1, 0.15) is 34.9 Å². The molecule has 4 aromatic rings. The van der Waals surface area contributed by atoms with Crippen molar-refractivity contribution >= 4 is 39.6 Å². The number of hydrogen-bond donors (Lipinski definition) is 1. The minimum atomic E-state index is -0.432. The predicted octanol–water partition coefficient (Wildman–Crippen LogP) is 4.65. The summed E-state index contributed by atoms with van der Waals surface area (Å²) in [5.41, 5.74) is 1.16. The molecule has 166 valence electrons. The molecular weight excluding hydrogens is 459 g/mol. The highest BCUT2D eigenvalue weighted by molar-refractivity contribution is 7.15. The maximum atomic E-state index is 14.0. The number of hydrogen-bond acceptors (Lipinski definition) is 8. The molecule has 0 saturated carbocycles. The minimum Gasteiger partial charge on any atom is -0.313 e. The first-order valence-corrected chi connectivity index (χ1v) is 10.7. The zero-order chi connectivity index (χ0) is 23.0. The third-order valence-electron chi connectivity index (χ3n) is 4.89. The molecule has 3 heterocycles. The first-order valence-electron chi connectivity index (χ1n) is 9.51. The van der Waals surface area contributed by atoms with Gasteiger partial charge in [-0.05, 0) is 32.9 Å². The quantitative estimate of drug-likeness (QED) is 0.304. The van der Waals surface area contributed by atoms with Crippen LogP contribution in [0.4, 0.5) is 21.0 Å². The number of benzene rings is 1. The monoisotopic (exact) mass is 476 g/mol. The minimum absolute atomic E-state index is 0.000194. The summed E-state index contributed by atoms with van der Waals surface area (Å²) >= 11 is 7.37. The fourth-order valence-electron chi connectivity index (χ4n) is 3.33. The topological polar surface area (TPSA) is 117 Å². The van der Waals surface area contributed by atoms with E-state index in [0.717, 1.165) is 0 Å². The smallest absolute Gasteiger partial charge is 0.312 e. The van der Waals surface area contributed by atoms with Crippen molar-refractivity contribution in [1.82, 2.24) is 29.8 Å². The Balaban J connectivity index is 1.48. The maximum absolute atomic E-state index is 14.0. The third-order valence-corrected chi connectivity index (χ3v) is 6.25. The number of aryl methyl sites for hydroxylation is 1. The normalized spacial score (nSPS) is 12.2. The Morgan fingerprint density at radius 2 is 2.06 bits per heavy atom. The largest absolute Gasteiger partial charge is 0.313 e. The van der Waals surface area contributed by atoms with Crippen LogP contribution in [-0.4, -0.2) is 34.7 Å². The van der Waals surface area contributed by atoms with Crippen LogP contribution in [0.3, 0.4) is 0 Å². The Bertz CT molecular complexity index is 1280. The van der Waals surface area contributed by atoms with Crippen molar-refractivity contribution in [3.05, 3.63) is 73.4 Å². The van der Waals surface area contributed by atoms with E-state index in [0.29, 0.717) is 37.9 Å². The standard InChI is InChI=1S/C19H18ClFN8O2S/c1-10-17(29(30)31)11(2)28(25-10)12(3)18-23-24-19(32-18)22-16-7-8-27(26-16)9-13-14(20)5-4-6-15(13)21/h4-8,12H,9H2,1-3H3,(H,22,24,26)/t12-/m0/s1. The van der Waals surface area contributed by atoms with Crippen molar-refractivity contribution in [2.45, 2.75) is 33.4 Å². The van der Waals surface area contributed by atoms with Gasteiger partial charge in [0.05, 0.1) is 11.5 Å². The molecule has 1 N–H and O–H groups in total. The number of nitrogens with one attached hydrogen (secondary N) is 1. The summed E-state index contributed by atoms with van der Waals surface area (Å²) in [7, 11) is 0. The highest BCUT2D eigenvalue weighted by Gasteiger charge is 2.26. The molecule has 4 rings (SSSR count). The zero-order valence-corrected chi connectivity index (χ0v) is 18.9. The van der Waals surface area contributed by atoms with Gasteiger partial charge in [0.15, 0.2) is 5.82 Å². The first-order chi connectivity index (χ1) is 15.2. The highest BCUT2D eigenvalue weighted by Crippen LogP contribution is 2.30. The number of aromatic nitrogens is 6. The van der Waals surface area contributed by atoms with Crippen LogP contribution in [-0.2, 0) is 6.54 Å². The van der Waals surface area contributed by atoms with Crippen molar-refractivity contribution in [1.29, 1.82) is 0 Å². The molecule has 0 radical (unpaired) electrons. The van der Waals surface area contributed by atoms with E-state index < -0.39 is 10.7 Å². The molecule has 32 heavy (non-hydrogen) atoms. The molecule has 0 saturated heterocycles. The van der Waals surface area contributed by atoms with Gasteiger partial charge in [0, 0.05) is 22.8 Å². The van der Waals surface area contributed by atoms with E-state index in [1.54, 1.807) is 47.6 Å². The van der Waals surface area contributed by atoms with Crippen LogP contribution in [0, 0.1) is 29.8 Å². The molecule has 13 heteroatoms. The lowest BCUT2D eigenvalue weighted by atomic mass is 10.2. The fraction of sp³-hybridized carbons (Fsp3) is 0.263. The van der Waals surface area contributed by atoms with Crippen LogP contribution in [0.25, 0.3) is 0 Å². The van der Waals surface area contributed by atoms with Crippen LogP contribution in [0.2, 0.25) is 5.02 Å². The average molecular weight is 477 g/mol. The van der Waals surface area contributed by atoms with Gasteiger partial charge < -0.3 is 5.32 Å². The van der Waals surface area contributed by atoms with Crippen molar-refractivity contribution < 1.29 is 9.31 Å². The SMILES string of the molecule is Cc1nn([C@@H](C)c2nnc(Nc3ccn(Cc4c(F)cccc4Cl)n3)s2)c(C)c1[N+](=O)[O-]. The number of nitro groups is 1. The maximum Gasteiger partial charge on any atom is 0.312 e. The van der Waals surface area contributed by atoms with Gasteiger partial charge in [0.2, 0.25) is 5.13 Å². The zero-order valence-electron chi connectivity index (χ0n) is 17.3. The van der Waals surface area contributed by atoms with Crippen molar-refractivity contribution in [2.75, 3.05) is 5.32 Å². The van der Waals surface area contributed by atoms with Gasteiger partial charge in [-0.25, -0.2) is 4.39 Å². The number of halogens is 2. The molecule has 3 aromatic heterocycles. The van der Waals surface area contributed by atoms with Gasteiger partial charge in [0.25, 0.3) is 0 Å². The van der Waals surface area contributed by atoms with Crippen LogP contribution < -0.4 is 5.32 Å². The van der Waals surface area contributed by atoms with E-state index in [1.807, 2.05) is 6.92 Å². The Morgan fingerprint density at radius 1 is 1.28 bits per heavy atom. The van der Waals surface area contributed by atoms with Crippen LogP contribution in [0.5, 0.6) is 0 Å². The fourth-order valence-corrected chi connectivity index (χ4v) is 4.34. The molecule has 0 aliphatic rings. The molecule has 1 aromatic carbocycles. The van der Waals surface area contributed by atoms with Gasteiger partial charge in [-0.2, -0.15) is 10.2 Å². The molecule has 0 spiro atoms. The van der Waals surface area contributed by atoms with E-state index >= 15 is 0 Å². The van der Waals surface area contributed by atoms with E-state index in [9.17, 15) is 14.5 Å². The molecule has 1 atom stereocenters. The second kappa shape index (κ2) is 8.63. The van der Waals surface area contributed by atoms with Crippen molar-refractivity contribution in [3.63, 3.8) is 0 Å². The summed E-state index contributed by atoms with van der Waals surface area (Å²) in [6.45, 7) is 5.29. The molecule has 0 aliphatic carbocycles. The second-order valence-corrected chi connectivity index (χ2v) is 8.48. The second-order valence-electron chi connectivity index (χ2n) is 7.07. The van der Waals surface area contributed by atoms with E-state index in [2.05, 4.69) is 25.7 Å². The Morgan fingerprint density at radius 3 is 2.75 bits per heavy atom. The number of nitrogens with zero attached hydrogens (tertiary/aromatic N) is 7.